The molecule has 0 aromatic heterocycles. The molecule has 3 heteroatoms. The molecular weight excluding hydrogens is 204 g/mol. The zero-order chi connectivity index (χ0) is 11.8. The Hall–Kier alpha value is -0.830. The van der Waals surface area contributed by atoms with Crippen LogP contribution in [0.25, 0.3) is 0 Å². The molecule has 0 spiro atoms. The molecule has 0 aliphatic heterocycles. The van der Waals surface area contributed by atoms with Crippen LogP contribution in [0.5, 0.6) is 0 Å². The fourth-order valence-electron chi connectivity index (χ4n) is 2.23. The smallest absolute Gasteiger partial charge is 0.333 e. The Labute approximate surface area is 97.5 Å². The van der Waals surface area contributed by atoms with E-state index in [1.54, 1.807) is 0 Å². The van der Waals surface area contributed by atoms with Gasteiger partial charge in [-0.25, -0.2) is 4.79 Å². The molecule has 1 N–H and O–H groups in total. The van der Waals surface area contributed by atoms with E-state index in [1.165, 1.54) is 39.2 Å². The van der Waals surface area contributed by atoms with Crippen LogP contribution in [0, 0.1) is 5.92 Å². The molecule has 0 saturated heterocycles. The highest BCUT2D eigenvalue weighted by Crippen LogP contribution is 2.26. The van der Waals surface area contributed by atoms with E-state index in [2.05, 4.69) is 6.08 Å². The Morgan fingerprint density at radius 1 is 1.38 bits per heavy atom. The van der Waals surface area contributed by atoms with Gasteiger partial charge in [0.15, 0.2) is 6.10 Å². The van der Waals surface area contributed by atoms with Crippen LogP contribution in [0.2, 0.25) is 0 Å². The van der Waals surface area contributed by atoms with Crippen molar-refractivity contribution >= 4 is 5.97 Å². The van der Waals surface area contributed by atoms with E-state index in [4.69, 9.17) is 9.84 Å². The van der Waals surface area contributed by atoms with Gasteiger partial charge in [0.1, 0.15) is 0 Å². The van der Waals surface area contributed by atoms with Crippen LogP contribution in [0.3, 0.4) is 0 Å². The summed E-state index contributed by atoms with van der Waals surface area (Å²) < 4.78 is 4.85. The van der Waals surface area contributed by atoms with Gasteiger partial charge in [0, 0.05) is 13.5 Å². The largest absolute Gasteiger partial charge is 0.479 e. The molecule has 0 heterocycles. The Morgan fingerprint density at radius 2 is 2.06 bits per heavy atom. The highest BCUT2D eigenvalue weighted by atomic mass is 16.5. The Kier molecular flexibility index (Phi) is 6.16. The van der Waals surface area contributed by atoms with E-state index >= 15 is 0 Å². The minimum Gasteiger partial charge on any atom is -0.479 e. The normalized spacial score (nSPS) is 20.1. The number of carboxylic acid groups (broad SMARTS) is 1. The molecule has 1 aliphatic rings. The average molecular weight is 226 g/mol. The third-order valence-electron chi connectivity index (χ3n) is 3.27. The summed E-state index contributed by atoms with van der Waals surface area (Å²) in [5.41, 5.74) is 0. The summed E-state index contributed by atoms with van der Waals surface area (Å²) in [6.07, 6.45) is 11.7. The van der Waals surface area contributed by atoms with Gasteiger partial charge in [-0.3, -0.25) is 0 Å². The SMILES string of the molecule is COC(CC=CCC1CCCCC1)C(=O)O. The number of carbonyl (C=O) groups is 1. The van der Waals surface area contributed by atoms with E-state index in [0.717, 1.165) is 12.3 Å². The summed E-state index contributed by atoms with van der Waals surface area (Å²) in [4.78, 5) is 10.7. The third-order valence-corrected chi connectivity index (χ3v) is 3.27. The fraction of sp³-hybridized carbons (Fsp3) is 0.769. The van der Waals surface area contributed by atoms with E-state index < -0.39 is 12.1 Å². The summed E-state index contributed by atoms with van der Waals surface area (Å²) >= 11 is 0. The molecule has 0 aromatic rings. The number of ether oxygens (including phenoxy) is 1. The first-order valence-electron chi connectivity index (χ1n) is 6.14. The molecular formula is C13H22O3. The van der Waals surface area contributed by atoms with Crippen molar-refractivity contribution < 1.29 is 14.6 Å². The van der Waals surface area contributed by atoms with Crippen LogP contribution in [-0.4, -0.2) is 24.3 Å². The predicted molar refractivity (Wildman–Crippen MR) is 63.4 cm³/mol. The van der Waals surface area contributed by atoms with Crippen molar-refractivity contribution in [1.29, 1.82) is 0 Å². The first-order chi connectivity index (χ1) is 7.74. The topological polar surface area (TPSA) is 46.5 Å². The molecule has 1 rings (SSSR count). The van der Waals surface area contributed by atoms with E-state index in [9.17, 15) is 4.79 Å². The molecule has 0 amide bonds. The van der Waals surface area contributed by atoms with Crippen molar-refractivity contribution in [2.24, 2.45) is 5.92 Å². The lowest BCUT2D eigenvalue weighted by Crippen LogP contribution is -2.21. The minimum atomic E-state index is -0.884. The molecule has 1 fully saturated rings. The van der Waals surface area contributed by atoms with Gasteiger partial charge in [-0.1, -0.05) is 44.3 Å². The standard InChI is InChI=1S/C13H22O3/c1-16-12(13(14)15)10-6-5-9-11-7-3-2-4-8-11/h5-6,11-12H,2-4,7-10H2,1H3,(H,14,15). The first kappa shape index (κ1) is 13.2. The fourth-order valence-corrected chi connectivity index (χ4v) is 2.23. The molecule has 3 nitrogen and oxygen atoms in total. The Bertz CT molecular complexity index is 229. The second-order valence-corrected chi connectivity index (χ2v) is 4.51. The number of allylic oxidation sites excluding steroid dienone is 1. The lowest BCUT2D eigenvalue weighted by atomic mass is 9.87. The number of rotatable bonds is 6. The summed E-state index contributed by atoms with van der Waals surface area (Å²) in [7, 11) is 1.44. The molecule has 16 heavy (non-hydrogen) atoms. The van der Waals surface area contributed by atoms with E-state index in [1.807, 2.05) is 6.08 Å². The zero-order valence-corrected chi connectivity index (χ0v) is 10.0. The van der Waals surface area contributed by atoms with Gasteiger partial charge < -0.3 is 9.84 Å². The predicted octanol–water partition coefficient (Wildman–Crippen LogP) is 3.00. The van der Waals surface area contributed by atoms with Crippen LogP contribution in [-0.2, 0) is 9.53 Å². The molecule has 0 bridgehead atoms. The highest BCUT2D eigenvalue weighted by Gasteiger charge is 2.14. The lowest BCUT2D eigenvalue weighted by molar-refractivity contribution is -0.148. The second-order valence-electron chi connectivity index (χ2n) is 4.51. The van der Waals surface area contributed by atoms with Gasteiger partial charge in [-0.05, 0) is 12.3 Å². The monoisotopic (exact) mass is 226 g/mol. The zero-order valence-electron chi connectivity index (χ0n) is 10.0. The van der Waals surface area contributed by atoms with Gasteiger partial charge >= 0.3 is 5.97 Å². The average Bonchev–Trinajstić information content (AvgIpc) is 2.30. The number of hydrogen-bond acceptors (Lipinski definition) is 2. The first-order valence-corrected chi connectivity index (χ1v) is 6.14. The Morgan fingerprint density at radius 3 is 2.62 bits per heavy atom. The molecule has 1 atom stereocenters. The van der Waals surface area contributed by atoms with Gasteiger partial charge in [-0.15, -0.1) is 0 Å². The van der Waals surface area contributed by atoms with Crippen molar-refractivity contribution in [2.75, 3.05) is 7.11 Å². The highest BCUT2D eigenvalue weighted by molar-refractivity contribution is 5.72. The van der Waals surface area contributed by atoms with Crippen LogP contribution in [0.4, 0.5) is 0 Å². The van der Waals surface area contributed by atoms with Gasteiger partial charge in [0.05, 0.1) is 0 Å². The summed E-state index contributed by atoms with van der Waals surface area (Å²) in [5, 5.41) is 8.76. The van der Waals surface area contributed by atoms with Crippen molar-refractivity contribution in [2.45, 2.75) is 51.0 Å². The van der Waals surface area contributed by atoms with Crippen LogP contribution in [0.15, 0.2) is 12.2 Å². The Balaban J connectivity index is 2.18. The number of aliphatic carboxylic acids is 1. The molecule has 92 valence electrons. The van der Waals surface area contributed by atoms with Crippen molar-refractivity contribution in [3.05, 3.63) is 12.2 Å². The molecule has 0 aromatic carbocycles. The van der Waals surface area contributed by atoms with Crippen molar-refractivity contribution in [3.63, 3.8) is 0 Å². The third kappa shape index (κ3) is 4.79. The quantitative estimate of drug-likeness (QED) is 0.708. The van der Waals surface area contributed by atoms with E-state index in [-0.39, 0.29) is 0 Å². The molecule has 1 saturated carbocycles. The summed E-state index contributed by atoms with van der Waals surface area (Å²) in [6.45, 7) is 0. The van der Waals surface area contributed by atoms with Gasteiger partial charge in [-0.2, -0.15) is 0 Å². The lowest BCUT2D eigenvalue weighted by Gasteiger charge is -2.19. The van der Waals surface area contributed by atoms with Crippen LogP contribution < -0.4 is 0 Å². The summed E-state index contributed by atoms with van der Waals surface area (Å²) in [5.74, 6) is -0.0689. The van der Waals surface area contributed by atoms with Crippen molar-refractivity contribution in [3.8, 4) is 0 Å². The van der Waals surface area contributed by atoms with E-state index in [0.29, 0.717) is 6.42 Å². The van der Waals surface area contributed by atoms with Crippen LogP contribution >= 0.6 is 0 Å². The molecule has 0 radical (unpaired) electrons. The van der Waals surface area contributed by atoms with Gasteiger partial charge in [0.2, 0.25) is 0 Å². The van der Waals surface area contributed by atoms with Gasteiger partial charge in [0.25, 0.3) is 0 Å². The summed E-state index contributed by atoms with van der Waals surface area (Å²) in [6, 6.07) is 0. The number of carboxylic acids is 1. The maximum Gasteiger partial charge on any atom is 0.333 e. The van der Waals surface area contributed by atoms with Crippen LogP contribution in [0.1, 0.15) is 44.9 Å². The second kappa shape index (κ2) is 7.44. The maximum atomic E-state index is 10.7. The molecule has 1 aliphatic carbocycles. The minimum absolute atomic E-state index is 0.471. The number of methoxy groups -OCH3 is 1. The molecule has 1 unspecified atom stereocenters. The maximum absolute atomic E-state index is 10.7. The van der Waals surface area contributed by atoms with Crippen molar-refractivity contribution in [1.82, 2.24) is 0 Å². The number of hydrogen-bond donors (Lipinski definition) is 1.